The molecule has 4 heterocycles. The molecule has 160 valence electrons. The standard InChI is InChI=1S/C22H28N4O4/c1-13-17-18(15-5-4-6-16(15)23-19(17)30-24-13)20(27)26-9-7-22(8-10-26)11-14(12-25(2)3)29-21(22)28/h14H,4-12H2,1-3H3. The van der Waals surface area contributed by atoms with Crippen molar-refractivity contribution < 1.29 is 18.8 Å². The number of aryl methyl sites for hydroxylation is 2. The molecule has 2 aromatic heterocycles. The van der Waals surface area contributed by atoms with Gasteiger partial charge in [0.25, 0.3) is 11.6 Å². The lowest BCUT2D eigenvalue weighted by atomic mass is 9.76. The Hall–Kier alpha value is -2.48. The van der Waals surface area contributed by atoms with Crippen LogP contribution in [0.2, 0.25) is 0 Å². The number of esters is 1. The summed E-state index contributed by atoms with van der Waals surface area (Å²) in [7, 11) is 3.97. The molecule has 0 saturated carbocycles. The lowest BCUT2D eigenvalue weighted by molar-refractivity contribution is -0.150. The minimum Gasteiger partial charge on any atom is -0.461 e. The van der Waals surface area contributed by atoms with Gasteiger partial charge in [0.2, 0.25) is 0 Å². The number of amides is 1. The Labute approximate surface area is 175 Å². The van der Waals surface area contributed by atoms with Crippen LogP contribution in [0.3, 0.4) is 0 Å². The van der Waals surface area contributed by atoms with E-state index in [-0.39, 0.29) is 18.0 Å². The van der Waals surface area contributed by atoms with Gasteiger partial charge in [-0.1, -0.05) is 5.16 Å². The first kappa shape index (κ1) is 19.5. The second-order valence-corrected chi connectivity index (χ2v) is 9.28. The monoisotopic (exact) mass is 412 g/mol. The van der Waals surface area contributed by atoms with Crippen molar-refractivity contribution in [1.29, 1.82) is 0 Å². The van der Waals surface area contributed by atoms with Crippen molar-refractivity contribution in [1.82, 2.24) is 19.9 Å². The van der Waals surface area contributed by atoms with Crippen LogP contribution < -0.4 is 0 Å². The van der Waals surface area contributed by atoms with Gasteiger partial charge in [-0.2, -0.15) is 0 Å². The number of hydrogen-bond acceptors (Lipinski definition) is 7. The fourth-order valence-electron chi connectivity index (χ4n) is 5.40. The van der Waals surface area contributed by atoms with Gasteiger partial charge in [-0.05, 0) is 58.7 Å². The predicted octanol–water partition coefficient (Wildman–Crippen LogP) is 2.12. The third kappa shape index (κ3) is 3.00. The first-order valence-electron chi connectivity index (χ1n) is 10.8. The Kier molecular flexibility index (Phi) is 4.57. The summed E-state index contributed by atoms with van der Waals surface area (Å²) >= 11 is 0. The second-order valence-electron chi connectivity index (χ2n) is 9.28. The lowest BCUT2D eigenvalue weighted by Gasteiger charge is -2.37. The number of likely N-dealkylation sites (N-methyl/N-ethyl adjacent to an activating group) is 1. The maximum atomic E-state index is 13.6. The Bertz CT molecular complexity index is 1020. The van der Waals surface area contributed by atoms with Crippen LogP contribution in [0.4, 0.5) is 0 Å². The normalized spacial score (nSPS) is 22.9. The van der Waals surface area contributed by atoms with Crippen LogP contribution >= 0.6 is 0 Å². The summed E-state index contributed by atoms with van der Waals surface area (Å²) in [6, 6.07) is 0. The summed E-state index contributed by atoms with van der Waals surface area (Å²) in [4.78, 5) is 34.8. The summed E-state index contributed by atoms with van der Waals surface area (Å²) < 4.78 is 11.0. The van der Waals surface area contributed by atoms with Crippen molar-refractivity contribution in [3.05, 3.63) is 22.5 Å². The smallest absolute Gasteiger partial charge is 0.312 e. The molecule has 30 heavy (non-hydrogen) atoms. The molecule has 0 N–H and O–H groups in total. The summed E-state index contributed by atoms with van der Waals surface area (Å²) in [6.07, 6.45) is 4.72. The van der Waals surface area contributed by atoms with Crippen LogP contribution in [0, 0.1) is 12.3 Å². The zero-order chi connectivity index (χ0) is 21.0. The van der Waals surface area contributed by atoms with Gasteiger partial charge in [0.1, 0.15) is 6.10 Å². The maximum absolute atomic E-state index is 13.6. The maximum Gasteiger partial charge on any atom is 0.312 e. The predicted molar refractivity (Wildman–Crippen MR) is 109 cm³/mol. The van der Waals surface area contributed by atoms with Gasteiger partial charge in [0, 0.05) is 31.7 Å². The Morgan fingerprint density at radius 1 is 1.27 bits per heavy atom. The molecule has 5 rings (SSSR count). The summed E-state index contributed by atoms with van der Waals surface area (Å²) in [5, 5.41) is 4.79. The number of likely N-dealkylation sites (tertiary alicyclic amines) is 1. The van der Waals surface area contributed by atoms with Crippen LogP contribution in [-0.2, 0) is 22.4 Å². The third-order valence-electron chi connectivity index (χ3n) is 6.94. The van der Waals surface area contributed by atoms with Gasteiger partial charge in [-0.15, -0.1) is 0 Å². The van der Waals surface area contributed by atoms with Gasteiger partial charge in [-0.3, -0.25) is 9.59 Å². The number of piperidine rings is 1. The molecular weight excluding hydrogens is 384 g/mol. The molecule has 2 saturated heterocycles. The number of nitrogens with zero attached hydrogens (tertiary/aromatic N) is 4. The average molecular weight is 412 g/mol. The van der Waals surface area contributed by atoms with Gasteiger partial charge in [0.05, 0.1) is 22.1 Å². The quantitative estimate of drug-likeness (QED) is 0.714. The van der Waals surface area contributed by atoms with Gasteiger partial charge in [0.15, 0.2) is 0 Å². The number of pyridine rings is 1. The van der Waals surface area contributed by atoms with Gasteiger partial charge >= 0.3 is 5.97 Å². The number of hydrogen-bond donors (Lipinski definition) is 0. The number of cyclic esters (lactones) is 1. The first-order chi connectivity index (χ1) is 14.4. The molecule has 8 nitrogen and oxygen atoms in total. The minimum atomic E-state index is -0.444. The number of carbonyl (C=O) groups excluding carboxylic acids is 2. The van der Waals surface area contributed by atoms with E-state index >= 15 is 0 Å². The van der Waals surface area contributed by atoms with E-state index in [1.807, 2.05) is 30.8 Å². The number of rotatable bonds is 3. The highest BCUT2D eigenvalue weighted by Crippen LogP contribution is 2.44. The van der Waals surface area contributed by atoms with E-state index in [9.17, 15) is 9.59 Å². The average Bonchev–Trinajstić information content (AvgIpc) is 3.39. The fourth-order valence-corrected chi connectivity index (χ4v) is 5.40. The van der Waals surface area contributed by atoms with E-state index in [1.165, 1.54) is 0 Å². The van der Waals surface area contributed by atoms with Crippen LogP contribution in [0.5, 0.6) is 0 Å². The van der Waals surface area contributed by atoms with Crippen molar-refractivity contribution in [2.24, 2.45) is 5.41 Å². The molecule has 1 amide bonds. The highest BCUT2D eigenvalue weighted by molar-refractivity contribution is 6.07. The van der Waals surface area contributed by atoms with Crippen molar-refractivity contribution in [2.45, 2.75) is 51.6 Å². The lowest BCUT2D eigenvalue weighted by Crippen LogP contribution is -2.45. The minimum absolute atomic E-state index is 0.0119. The van der Waals surface area contributed by atoms with Crippen molar-refractivity contribution in [2.75, 3.05) is 33.7 Å². The molecular formula is C22H28N4O4. The zero-order valence-electron chi connectivity index (χ0n) is 17.9. The number of aromatic nitrogens is 2. The molecule has 1 aliphatic carbocycles. The molecule has 8 heteroatoms. The second kappa shape index (κ2) is 7.04. The fraction of sp³-hybridized carbons (Fsp3) is 0.636. The largest absolute Gasteiger partial charge is 0.461 e. The molecule has 2 aromatic rings. The summed E-state index contributed by atoms with van der Waals surface area (Å²) in [5.41, 5.74) is 3.43. The molecule has 0 radical (unpaired) electrons. The van der Waals surface area contributed by atoms with E-state index in [0.29, 0.717) is 42.9 Å². The van der Waals surface area contributed by atoms with E-state index in [2.05, 4.69) is 10.1 Å². The van der Waals surface area contributed by atoms with Crippen LogP contribution in [-0.4, -0.2) is 71.7 Å². The zero-order valence-corrected chi connectivity index (χ0v) is 17.9. The Morgan fingerprint density at radius 2 is 2.03 bits per heavy atom. The highest BCUT2D eigenvalue weighted by Gasteiger charge is 2.51. The molecule has 1 unspecified atom stereocenters. The van der Waals surface area contributed by atoms with Crippen molar-refractivity contribution in [3.63, 3.8) is 0 Å². The SMILES string of the molecule is Cc1noc2nc3c(c(C(=O)N4CCC5(CC4)CC(CN(C)C)OC5=O)c12)CCC3. The molecule has 1 spiro atoms. The highest BCUT2D eigenvalue weighted by atomic mass is 16.6. The molecule has 2 fully saturated rings. The van der Waals surface area contributed by atoms with E-state index in [1.54, 1.807) is 0 Å². The first-order valence-corrected chi connectivity index (χ1v) is 10.8. The molecule has 2 aliphatic heterocycles. The molecule has 1 atom stereocenters. The molecule has 0 bridgehead atoms. The van der Waals surface area contributed by atoms with Crippen LogP contribution in [0.1, 0.15) is 53.0 Å². The summed E-state index contributed by atoms with van der Waals surface area (Å²) in [6.45, 7) is 3.72. The molecule has 3 aliphatic rings. The van der Waals surface area contributed by atoms with Gasteiger partial charge in [-0.25, -0.2) is 4.98 Å². The topological polar surface area (TPSA) is 88.8 Å². The third-order valence-corrected chi connectivity index (χ3v) is 6.94. The van der Waals surface area contributed by atoms with E-state index in [4.69, 9.17) is 9.26 Å². The number of ether oxygens (including phenoxy) is 1. The van der Waals surface area contributed by atoms with Gasteiger partial charge < -0.3 is 19.1 Å². The summed E-state index contributed by atoms with van der Waals surface area (Å²) in [5.74, 6) is -0.0820. The van der Waals surface area contributed by atoms with Crippen LogP contribution in [0.15, 0.2) is 4.52 Å². The van der Waals surface area contributed by atoms with Crippen molar-refractivity contribution in [3.8, 4) is 0 Å². The van der Waals surface area contributed by atoms with Crippen molar-refractivity contribution >= 4 is 23.0 Å². The molecule has 0 aromatic carbocycles. The number of fused-ring (bicyclic) bond motifs is 2. The number of carbonyl (C=O) groups is 2. The van der Waals surface area contributed by atoms with E-state index in [0.717, 1.165) is 48.9 Å². The Balaban J connectivity index is 1.39. The van der Waals surface area contributed by atoms with Crippen LogP contribution in [0.25, 0.3) is 11.1 Å². The van der Waals surface area contributed by atoms with E-state index < -0.39 is 5.41 Å². The Morgan fingerprint density at radius 3 is 2.77 bits per heavy atom.